The SMILES string of the molecule is Cc1cc(NCC2CCCO2)c(C=O)c(=O)n1Cc1ccco1. The third-order valence-electron chi connectivity index (χ3n) is 4.10. The second-order valence-electron chi connectivity index (χ2n) is 5.72. The van der Waals surface area contributed by atoms with Crippen LogP contribution in [0.1, 0.15) is 34.7 Å². The number of anilines is 1. The molecule has 0 amide bonds. The van der Waals surface area contributed by atoms with Crippen LogP contribution in [0, 0.1) is 6.92 Å². The van der Waals surface area contributed by atoms with Gasteiger partial charge >= 0.3 is 0 Å². The molecule has 3 heterocycles. The van der Waals surface area contributed by atoms with Crippen LogP contribution in [0.3, 0.4) is 0 Å². The van der Waals surface area contributed by atoms with Crippen molar-refractivity contribution in [3.63, 3.8) is 0 Å². The molecule has 0 aliphatic carbocycles. The van der Waals surface area contributed by atoms with Crippen molar-refractivity contribution in [1.29, 1.82) is 0 Å². The summed E-state index contributed by atoms with van der Waals surface area (Å²) in [6, 6.07) is 5.40. The number of nitrogens with one attached hydrogen (secondary N) is 1. The van der Waals surface area contributed by atoms with Crippen LogP contribution in [0.4, 0.5) is 5.69 Å². The van der Waals surface area contributed by atoms with E-state index >= 15 is 0 Å². The molecule has 2 aromatic rings. The fourth-order valence-electron chi connectivity index (χ4n) is 2.83. The molecule has 122 valence electrons. The number of pyridine rings is 1. The molecule has 1 atom stereocenters. The number of hydrogen-bond donors (Lipinski definition) is 1. The Bertz CT molecular complexity index is 728. The van der Waals surface area contributed by atoms with Gasteiger partial charge in [0, 0.05) is 18.8 Å². The lowest BCUT2D eigenvalue weighted by atomic mass is 10.2. The van der Waals surface area contributed by atoms with E-state index in [0.29, 0.717) is 30.8 Å². The first-order valence-electron chi connectivity index (χ1n) is 7.76. The van der Waals surface area contributed by atoms with E-state index in [9.17, 15) is 9.59 Å². The molecule has 0 radical (unpaired) electrons. The molecule has 1 saturated heterocycles. The summed E-state index contributed by atoms with van der Waals surface area (Å²) in [5.74, 6) is 0.673. The van der Waals surface area contributed by atoms with Crippen LogP contribution in [-0.2, 0) is 11.3 Å². The summed E-state index contributed by atoms with van der Waals surface area (Å²) in [5.41, 5.74) is 1.16. The van der Waals surface area contributed by atoms with E-state index in [2.05, 4.69) is 5.32 Å². The summed E-state index contributed by atoms with van der Waals surface area (Å²) in [4.78, 5) is 24.0. The largest absolute Gasteiger partial charge is 0.467 e. The number of aromatic nitrogens is 1. The smallest absolute Gasteiger partial charge is 0.263 e. The van der Waals surface area contributed by atoms with Crippen molar-refractivity contribution in [2.45, 2.75) is 32.4 Å². The fraction of sp³-hybridized carbons (Fsp3) is 0.412. The summed E-state index contributed by atoms with van der Waals surface area (Å²) >= 11 is 0. The Balaban J connectivity index is 1.85. The lowest BCUT2D eigenvalue weighted by Crippen LogP contribution is -2.28. The molecular weight excluding hydrogens is 296 g/mol. The van der Waals surface area contributed by atoms with E-state index in [1.165, 1.54) is 0 Å². The van der Waals surface area contributed by atoms with Crippen molar-refractivity contribution in [3.05, 3.63) is 51.8 Å². The van der Waals surface area contributed by atoms with Gasteiger partial charge in [0.15, 0.2) is 6.29 Å². The maximum absolute atomic E-state index is 12.6. The van der Waals surface area contributed by atoms with Crippen molar-refractivity contribution in [1.82, 2.24) is 4.57 Å². The van der Waals surface area contributed by atoms with E-state index in [0.717, 1.165) is 25.1 Å². The van der Waals surface area contributed by atoms with Gasteiger partial charge in [-0.3, -0.25) is 9.59 Å². The second kappa shape index (κ2) is 6.83. The molecule has 1 aliphatic heterocycles. The lowest BCUT2D eigenvalue weighted by Gasteiger charge is -2.16. The normalized spacial score (nSPS) is 17.3. The molecule has 0 saturated carbocycles. The van der Waals surface area contributed by atoms with E-state index in [4.69, 9.17) is 9.15 Å². The maximum atomic E-state index is 12.6. The summed E-state index contributed by atoms with van der Waals surface area (Å²) in [5, 5.41) is 3.18. The van der Waals surface area contributed by atoms with Gasteiger partial charge in [0.25, 0.3) is 5.56 Å². The molecule has 0 aromatic carbocycles. The maximum Gasteiger partial charge on any atom is 0.263 e. The second-order valence-corrected chi connectivity index (χ2v) is 5.72. The molecule has 0 bridgehead atoms. The Labute approximate surface area is 134 Å². The minimum Gasteiger partial charge on any atom is -0.467 e. The highest BCUT2D eigenvalue weighted by atomic mass is 16.5. The Morgan fingerprint density at radius 3 is 3.00 bits per heavy atom. The zero-order chi connectivity index (χ0) is 16.2. The summed E-state index contributed by atoms with van der Waals surface area (Å²) in [6.07, 6.45) is 4.36. The monoisotopic (exact) mass is 316 g/mol. The number of nitrogens with zero attached hydrogens (tertiary/aromatic N) is 1. The number of rotatable bonds is 6. The van der Waals surface area contributed by atoms with Crippen molar-refractivity contribution in [2.24, 2.45) is 0 Å². The van der Waals surface area contributed by atoms with E-state index in [-0.39, 0.29) is 17.2 Å². The third kappa shape index (κ3) is 3.37. The lowest BCUT2D eigenvalue weighted by molar-refractivity contribution is 0.112. The Morgan fingerprint density at radius 1 is 1.48 bits per heavy atom. The number of aryl methyl sites for hydroxylation is 1. The molecule has 1 unspecified atom stereocenters. The zero-order valence-electron chi connectivity index (χ0n) is 13.1. The molecule has 1 N–H and O–H groups in total. The van der Waals surface area contributed by atoms with Crippen LogP contribution in [0.5, 0.6) is 0 Å². The summed E-state index contributed by atoms with van der Waals surface area (Å²) in [7, 11) is 0. The van der Waals surface area contributed by atoms with Crippen molar-refractivity contribution in [2.75, 3.05) is 18.5 Å². The van der Waals surface area contributed by atoms with E-state index in [1.807, 2.05) is 13.0 Å². The van der Waals surface area contributed by atoms with Crippen molar-refractivity contribution < 1.29 is 13.9 Å². The van der Waals surface area contributed by atoms with E-state index < -0.39 is 0 Å². The number of ether oxygens (including phenoxy) is 1. The molecule has 3 rings (SSSR count). The first-order chi connectivity index (χ1) is 11.2. The predicted molar refractivity (Wildman–Crippen MR) is 86.1 cm³/mol. The zero-order valence-corrected chi connectivity index (χ0v) is 13.1. The Morgan fingerprint density at radius 2 is 2.35 bits per heavy atom. The quantitative estimate of drug-likeness (QED) is 0.827. The van der Waals surface area contributed by atoms with Crippen LogP contribution in [0.25, 0.3) is 0 Å². The van der Waals surface area contributed by atoms with Gasteiger partial charge in [0.05, 0.1) is 24.6 Å². The molecule has 1 fully saturated rings. The average molecular weight is 316 g/mol. The number of aldehydes is 1. The highest BCUT2D eigenvalue weighted by Gasteiger charge is 2.18. The van der Waals surface area contributed by atoms with Crippen molar-refractivity contribution in [3.8, 4) is 0 Å². The van der Waals surface area contributed by atoms with Gasteiger partial charge in [-0.15, -0.1) is 0 Å². The summed E-state index contributed by atoms with van der Waals surface area (Å²) < 4.78 is 12.4. The van der Waals surface area contributed by atoms with E-state index in [1.54, 1.807) is 23.0 Å². The standard InChI is InChI=1S/C17H20N2O4/c1-12-8-16(18-9-13-4-2-6-22-13)15(11-20)17(21)19(12)10-14-5-3-7-23-14/h3,5,7-8,11,13,18H,2,4,6,9-10H2,1H3. The average Bonchev–Trinajstić information content (AvgIpc) is 3.22. The fourth-order valence-corrected chi connectivity index (χ4v) is 2.83. The van der Waals surface area contributed by atoms with Crippen LogP contribution in [-0.4, -0.2) is 30.1 Å². The van der Waals surface area contributed by atoms with Gasteiger partial charge < -0.3 is 19.0 Å². The minimum atomic E-state index is -0.314. The highest BCUT2D eigenvalue weighted by Crippen LogP contribution is 2.17. The summed E-state index contributed by atoms with van der Waals surface area (Å²) in [6.45, 7) is 3.53. The molecule has 2 aromatic heterocycles. The van der Waals surface area contributed by atoms with Gasteiger partial charge in [0.2, 0.25) is 0 Å². The van der Waals surface area contributed by atoms with Gasteiger partial charge in [0.1, 0.15) is 11.3 Å². The number of furan rings is 1. The Hall–Kier alpha value is -2.34. The van der Waals surface area contributed by atoms with Gasteiger partial charge in [-0.1, -0.05) is 0 Å². The predicted octanol–water partition coefficient (Wildman–Crippen LogP) is 2.20. The number of hydrogen-bond acceptors (Lipinski definition) is 5. The minimum absolute atomic E-state index is 0.139. The van der Waals surface area contributed by atoms with Gasteiger partial charge in [-0.05, 0) is 38.0 Å². The molecule has 6 heteroatoms. The Kier molecular flexibility index (Phi) is 4.62. The van der Waals surface area contributed by atoms with Gasteiger partial charge in [-0.25, -0.2) is 0 Å². The van der Waals surface area contributed by atoms with Crippen LogP contribution < -0.4 is 10.9 Å². The molecule has 1 aliphatic rings. The number of carbonyl (C=O) groups excluding carboxylic acids is 1. The topological polar surface area (TPSA) is 73.5 Å². The molecule has 6 nitrogen and oxygen atoms in total. The highest BCUT2D eigenvalue weighted by molar-refractivity contribution is 5.83. The first-order valence-corrected chi connectivity index (χ1v) is 7.76. The molecule has 23 heavy (non-hydrogen) atoms. The van der Waals surface area contributed by atoms with Crippen molar-refractivity contribution >= 4 is 12.0 Å². The molecule has 0 spiro atoms. The van der Waals surface area contributed by atoms with Crippen LogP contribution >= 0.6 is 0 Å². The van der Waals surface area contributed by atoms with Crippen LogP contribution in [0.2, 0.25) is 0 Å². The first kappa shape index (κ1) is 15.6. The third-order valence-corrected chi connectivity index (χ3v) is 4.10. The number of carbonyl (C=O) groups is 1. The van der Waals surface area contributed by atoms with Gasteiger partial charge in [-0.2, -0.15) is 0 Å². The molecular formula is C17H20N2O4. The van der Waals surface area contributed by atoms with Crippen LogP contribution in [0.15, 0.2) is 33.7 Å².